The van der Waals surface area contributed by atoms with Crippen LogP contribution in [-0.2, 0) is 14.8 Å². The Morgan fingerprint density at radius 3 is 2.59 bits per heavy atom. The monoisotopic (exact) mass is 421 g/mol. The highest BCUT2D eigenvalue weighted by Gasteiger charge is 2.34. The summed E-state index contributed by atoms with van der Waals surface area (Å²) in [6.45, 7) is 6.85. The molecule has 2 aliphatic heterocycles. The number of amides is 1. The van der Waals surface area contributed by atoms with E-state index in [9.17, 15) is 13.2 Å². The molecule has 0 spiro atoms. The van der Waals surface area contributed by atoms with E-state index in [4.69, 9.17) is 0 Å². The van der Waals surface area contributed by atoms with Gasteiger partial charge in [0, 0.05) is 12.6 Å². The molecule has 0 aromatic heterocycles. The van der Waals surface area contributed by atoms with Gasteiger partial charge in [0.15, 0.2) is 0 Å². The Labute approximate surface area is 175 Å². The molecule has 0 unspecified atom stereocenters. The summed E-state index contributed by atoms with van der Waals surface area (Å²) in [5, 5.41) is 3.08. The highest BCUT2D eigenvalue weighted by Crippen LogP contribution is 2.30. The molecule has 1 aromatic rings. The van der Waals surface area contributed by atoms with Crippen molar-refractivity contribution in [2.45, 2.75) is 69.4 Å². The Hall–Kier alpha value is -1.44. The number of carbonyl (C=O) groups is 1. The van der Waals surface area contributed by atoms with Crippen LogP contribution >= 0.6 is 0 Å². The Morgan fingerprint density at radius 1 is 1.14 bits per heavy atom. The normalized spacial score (nSPS) is 25.0. The third-order valence-electron chi connectivity index (χ3n) is 6.60. The number of carbonyl (C=O) groups excluding carboxylic acids is 1. The minimum absolute atomic E-state index is 0.0916. The highest BCUT2D eigenvalue weighted by atomic mass is 32.2. The number of rotatable bonds is 8. The lowest BCUT2D eigenvalue weighted by molar-refractivity contribution is -0.124. The third-order valence-corrected chi connectivity index (χ3v) is 8.06. The van der Waals surface area contributed by atoms with Gasteiger partial charge in [-0.1, -0.05) is 44.9 Å². The smallest absolute Gasteiger partial charge is 0.241 e. The van der Waals surface area contributed by atoms with E-state index in [1.54, 1.807) is 30.3 Å². The molecule has 0 saturated carbocycles. The van der Waals surface area contributed by atoms with E-state index in [0.29, 0.717) is 18.5 Å². The summed E-state index contributed by atoms with van der Waals surface area (Å²) >= 11 is 0. The van der Waals surface area contributed by atoms with E-state index in [0.717, 1.165) is 12.8 Å². The van der Waals surface area contributed by atoms with Crippen molar-refractivity contribution in [3.05, 3.63) is 30.3 Å². The van der Waals surface area contributed by atoms with Crippen molar-refractivity contribution < 1.29 is 13.2 Å². The SMILES string of the molecule is CC[C@H](C)[C@H](NS(=O)(=O)c1ccccc1)C(=O)NC[C@H]1CCCN2CCCC[C@H]12. The number of hydrogen-bond donors (Lipinski definition) is 2. The standard InChI is InChI=1S/C22H35N3O3S/c1-3-17(2)21(24-29(27,28)19-11-5-4-6-12-19)22(26)23-16-18-10-9-15-25-14-8-7-13-20(18)25/h4-6,11-12,17-18,20-21,24H,3,7-10,13-16H2,1-2H3,(H,23,26)/t17-,18+,20+,21-/m0/s1. The van der Waals surface area contributed by atoms with Gasteiger partial charge in [0.1, 0.15) is 6.04 Å². The molecule has 0 radical (unpaired) electrons. The number of piperidine rings is 2. The predicted octanol–water partition coefficient (Wildman–Crippen LogP) is 2.76. The van der Waals surface area contributed by atoms with Crippen LogP contribution in [0.15, 0.2) is 35.2 Å². The first-order valence-corrected chi connectivity index (χ1v) is 12.5. The van der Waals surface area contributed by atoms with E-state index in [-0.39, 0.29) is 16.7 Å². The Bertz CT molecular complexity index is 767. The third kappa shape index (κ3) is 5.58. The zero-order chi connectivity index (χ0) is 20.9. The van der Waals surface area contributed by atoms with Crippen molar-refractivity contribution in [3.8, 4) is 0 Å². The second kappa shape index (κ2) is 10.0. The molecular weight excluding hydrogens is 386 g/mol. The molecule has 2 N–H and O–H groups in total. The molecule has 2 aliphatic rings. The largest absolute Gasteiger partial charge is 0.354 e. The van der Waals surface area contributed by atoms with Crippen molar-refractivity contribution in [2.75, 3.05) is 19.6 Å². The van der Waals surface area contributed by atoms with Crippen molar-refractivity contribution in [1.29, 1.82) is 0 Å². The highest BCUT2D eigenvalue weighted by molar-refractivity contribution is 7.89. The molecule has 0 aliphatic carbocycles. The lowest BCUT2D eigenvalue weighted by atomic mass is 9.83. The van der Waals surface area contributed by atoms with Crippen LogP contribution in [-0.4, -0.2) is 50.9 Å². The van der Waals surface area contributed by atoms with Crippen molar-refractivity contribution in [3.63, 3.8) is 0 Å². The van der Waals surface area contributed by atoms with Gasteiger partial charge in [0.05, 0.1) is 4.90 Å². The van der Waals surface area contributed by atoms with Crippen LogP contribution in [0.25, 0.3) is 0 Å². The van der Waals surface area contributed by atoms with Crippen molar-refractivity contribution in [2.24, 2.45) is 11.8 Å². The molecule has 2 fully saturated rings. The summed E-state index contributed by atoms with van der Waals surface area (Å²) in [5.74, 6) is 0.147. The zero-order valence-electron chi connectivity index (χ0n) is 17.6. The zero-order valence-corrected chi connectivity index (χ0v) is 18.5. The maximum absolute atomic E-state index is 13.0. The van der Waals surface area contributed by atoms with E-state index in [1.807, 2.05) is 13.8 Å². The summed E-state index contributed by atoms with van der Waals surface area (Å²) in [6, 6.07) is 8.03. The number of sulfonamides is 1. The van der Waals surface area contributed by atoms with Gasteiger partial charge in [-0.2, -0.15) is 4.72 Å². The van der Waals surface area contributed by atoms with Gasteiger partial charge in [-0.25, -0.2) is 8.42 Å². The van der Waals surface area contributed by atoms with E-state index < -0.39 is 16.1 Å². The maximum Gasteiger partial charge on any atom is 0.241 e. The second-order valence-electron chi connectivity index (χ2n) is 8.54. The minimum Gasteiger partial charge on any atom is -0.354 e. The molecule has 2 saturated heterocycles. The molecule has 1 aromatic carbocycles. The first kappa shape index (κ1) is 22.2. The average molecular weight is 422 g/mol. The van der Waals surface area contributed by atoms with Gasteiger partial charge in [0.25, 0.3) is 0 Å². The van der Waals surface area contributed by atoms with Gasteiger partial charge in [-0.3, -0.25) is 4.79 Å². The Morgan fingerprint density at radius 2 is 1.86 bits per heavy atom. The lowest BCUT2D eigenvalue weighted by Crippen LogP contribution is -2.54. The summed E-state index contributed by atoms with van der Waals surface area (Å²) in [5.41, 5.74) is 0. The Balaban J connectivity index is 1.65. The molecule has 3 rings (SSSR count). The van der Waals surface area contributed by atoms with Gasteiger partial charge in [-0.05, 0) is 62.7 Å². The van der Waals surface area contributed by atoms with Gasteiger partial charge >= 0.3 is 0 Å². The van der Waals surface area contributed by atoms with E-state index >= 15 is 0 Å². The van der Waals surface area contributed by atoms with Crippen LogP contribution in [0.4, 0.5) is 0 Å². The van der Waals surface area contributed by atoms with Crippen molar-refractivity contribution in [1.82, 2.24) is 14.9 Å². The second-order valence-corrected chi connectivity index (χ2v) is 10.3. The van der Waals surface area contributed by atoms with Crippen LogP contribution in [0, 0.1) is 11.8 Å². The van der Waals surface area contributed by atoms with E-state index in [2.05, 4.69) is 14.9 Å². The molecule has 0 bridgehead atoms. The molecule has 6 nitrogen and oxygen atoms in total. The number of nitrogens with zero attached hydrogens (tertiary/aromatic N) is 1. The van der Waals surface area contributed by atoms with Crippen LogP contribution < -0.4 is 10.0 Å². The van der Waals surface area contributed by atoms with Crippen LogP contribution in [0.2, 0.25) is 0 Å². The van der Waals surface area contributed by atoms with Crippen LogP contribution in [0.5, 0.6) is 0 Å². The van der Waals surface area contributed by atoms with E-state index in [1.165, 1.54) is 38.8 Å². The summed E-state index contributed by atoms with van der Waals surface area (Å²) < 4.78 is 28.2. The predicted molar refractivity (Wildman–Crippen MR) is 115 cm³/mol. The van der Waals surface area contributed by atoms with Gasteiger partial charge in [-0.15, -0.1) is 0 Å². The fourth-order valence-electron chi connectivity index (χ4n) is 4.66. The molecule has 4 atom stereocenters. The quantitative estimate of drug-likeness (QED) is 0.677. The van der Waals surface area contributed by atoms with Gasteiger partial charge in [0.2, 0.25) is 15.9 Å². The Kier molecular flexibility index (Phi) is 7.71. The summed E-state index contributed by atoms with van der Waals surface area (Å²) in [7, 11) is -3.74. The number of hydrogen-bond acceptors (Lipinski definition) is 4. The fourth-order valence-corrected chi connectivity index (χ4v) is 5.98. The fraction of sp³-hybridized carbons (Fsp3) is 0.682. The number of nitrogens with one attached hydrogen (secondary N) is 2. The lowest BCUT2D eigenvalue weighted by Gasteiger charge is -2.44. The summed E-state index contributed by atoms with van der Waals surface area (Å²) in [4.78, 5) is 15.8. The summed E-state index contributed by atoms with van der Waals surface area (Å²) in [6.07, 6.45) is 6.76. The average Bonchev–Trinajstić information content (AvgIpc) is 2.76. The van der Waals surface area contributed by atoms with Gasteiger partial charge < -0.3 is 10.2 Å². The molecule has 29 heavy (non-hydrogen) atoms. The minimum atomic E-state index is -3.74. The molecular formula is C22H35N3O3S. The molecule has 2 heterocycles. The molecule has 1 amide bonds. The molecule has 7 heteroatoms. The first-order chi connectivity index (χ1) is 13.9. The number of benzene rings is 1. The maximum atomic E-state index is 13.0. The molecule has 162 valence electrons. The van der Waals surface area contributed by atoms with Crippen molar-refractivity contribution >= 4 is 15.9 Å². The first-order valence-electron chi connectivity index (χ1n) is 11.0. The van der Waals surface area contributed by atoms with Crippen LogP contribution in [0.1, 0.15) is 52.4 Å². The number of fused-ring (bicyclic) bond motifs is 1. The van der Waals surface area contributed by atoms with Crippen LogP contribution in [0.3, 0.4) is 0 Å². The topological polar surface area (TPSA) is 78.5 Å².